The molecule has 0 unspecified atom stereocenters. The van der Waals surface area contributed by atoms with Gasteiger partial charge in [-0.25, -0.2) is 12.8 Å². The lowest BCUT2D eigenvalue weighted by Crippen LogP contribution is -2.15. The van der Waals surface area contributed by atoms with Crippen LogP contribution in [0.3, 0.4) is 0 Å². The van der Waals surface area contributed by atoms with E-state index in [4.69, 9.17) is 0 Å². The molecule has 1 N–H and O–H groups in total. The third-order valence-electron chi connectivity index (χ3n) is 4.06. The maximum Gasteiger partial charge on any atom is 0.261 e. The minimum atomic E-state index is -3.65. The van der Waals surface area contributed by atoms with Crippen LogP contribution in [0.4, 0.5) is 10.1 Å². The van der Waals surface area contributed by atoms with Crippen molar-refractivity contribution in [2.45, 2.75) is 37.5 Å². The number of anilines is 1. The predicted molar refractivity (Wildman–Crippen MR) is 85.0 cm³/mol. The van der Waals surface area contributed by atoms with Crippen LogP contribution in [0.5, 0.6) is 0 Å². The van der Waals surface area contributed by atoms with Crippen molar-refractivity contribution in [3.8, 4) is 0 Å². The van der Waals surface area contributed by atoms with Gasteiger partial charge in [-0.1, -0.05) is 6.07 Å². The fraction of sp³-hybridized carbons (Fsp3) is 0.294. The predicted octanol–water partition coefficient (Wildman–Crippen LogP) is 3.81. The van der Waals surface area contributed by atoms with E-state index in [0.717, 1.165) is 31.2 Å². The van der Waals surface area contributed by atoms with Gasteiger partial charge in [-0.3, -0.25) is 4.72 Å². The first kappa shape index (κ1) is 15.0. The van der Waals surface area contributed by atoms with Gasteiger partial charge in [-0.15, -0.1) is 0 Å². The van der Waals surface area contributed by atoms with Crippen molar-refractivity contribution in [1.82, 2.24) is 0 Å². The molecule has 0 spiro atoms. The SMILES string of the molecule is Cc1cc(F)ccc1NS(=O)(=O)c1ccc2c(c1)CCCC2. The zero-order valence-corrected chi connectivity index (χ0v) is 13.2. The van der Waals surface area contributed by atoms with Gasteiger partial charge in [0.05, 0.1) is 10.6 Å². The highest BCUT2D eigenvalue weighted by Crippen LogP contribution is 2.26. The van der Waals surface area contributed by atoms with Gasteiger partial charge in [0.25, 0.3) is 10.0 Å². The third-order valence-corrected chi connectivity index (χ3v) is 5.43. The molecule has 3 nitrogen and oxygen atoms in total. The van der Waals surface area contributed by atoms with E-state index in [1.807, 2.05) is 6.07 Å². The molecule has 0 amide bonds. The number of aryl methyl sites for hydroxylation is 3. The summed E-state index contributed by atoms with van der Waals surface area (Å²) in [5.41, 5.74) is 3.31. The van der Waals surface area contributed by atoms with Crippen molar-refractivity contribution in [3.63, 3.8) is 0 Å². The number of nitrogens with one attached hydrogen (secondary N) is 1. The van der Waals surface area contributed by atoms with E-state index in [1.54, 1.807) is 19.1 Å². The van der Waals surface area contributed by atoms with Crippen molar-refractivity contribution in [2.24, 2.45) is 0 Å². The number of rotatable bonds is 3. The second-order valence-corrected chi connectivity index (χ2v) is 7.38. The summed E-state index contributed by atoms with van der Waals surface area (Å²) in [6, 6.07) is 9.31. The van der Waals surface area contributed by atoms with E-state index in [9.17, 15) is 12.8 Å². The van der Waals surface area contributed by atoms with Crippen LogP contribution in [0, 0.1) is 12.7 Å². The van der Waals surface area contributed by atoms with Crippen LogP contribution >= 0.6 is 0 Å². The van der Waals surface area contributed by atoms with E-state index >= 15 is 0 Å². The zero-order chi connectivity index (χ0) is 15.7. The minimum absolute atomic E-state index is 0.261. The Bertz CT molecular complexity index is 815. The molecule has 2 aromatic carbocycles. The molecule has 1 aliphatic rings. The summed E-state index contributed by atoms with van der Waals surface area (Å²) >= 11 is 0. The monoisotopic (exact) mass is 319 g/mol. The van der Waals surface area contributed by atoms with Crippen molar-refractivity contribution in [3.05, 3.63) is 58.9 Å². The van der Waals surface area contributed by atoms with Gasteiger partial charge in [0.1, 0.15) is 5.82 Å². The molecule has 0 aromatic heterocycles. The van der Waals surface area contributed by atoms with Crippen LogP contribution in [0.1, 0.15) is 29.5 Å². The van der Waals surface area contributed by atoms with Crippen LogP contribution in [0.2, 0.25) is 0 Å². The van der Waals surface area contributed by atoms with Gasteiger partial charge in [0, 0.05) is 0 Å². The maximum absolute atomic E-state index is 13.1. The summed E-state index contributed by atoms with van der Waals surface area (Å²) in [7, 11) is -3.65. The Labute approximate surface area is 130 Å². The Hall–Kier alpha value is -1.88. The van der Waals surface area contributed by atoms with Crippen LogP contribution in [0.25, 0.3) is 0 Å². The minimum Gasteiger partial charge on any atom is -0.279 e. The van der Waals surface area contributed by atoms with Gasteiger partial charge < -0.3 is 0 Å². The largest absolute Gasteiger partial charge is 0.279 e. The molecule has 0 saturated heterocycles. The summed E-state index contributed by atoms with van der Waals surface area (Å²) in [6.45, 7) is 1.67. The van der Waals surface area contributed by atoms with Crippen LogP contribution in [-0.2, 0) is 22.9 Å². The van der Waals surface area contributed by atoms with Crippen LogP contribution in [-0.4, -0.2) is 8.42 Å². The van der Waals surface area contributed by atoms with Crippen molar-refractivity contribution in [2.75, 3.05) is 4.72 Å². The highest BCUT2D eigenvalue weighted by molar-refractivity contribution is 7.92. The Morgan fingerprint density at radius 2 is 1.73 bits per heavy atom. The lowest BCUT2D eigenvalue weighted by atomic mass is 9.92. The van der Waals surface area contributed by atoms with E-state index in [-0.39, 0.29) is 10.7 Å². The maximum atomic E-state index is 13.1. The third kappa shape index (κ3) is 2.99. The Balaban J connectivity index is 1.92. The highest BCUT2D eigenvalue weighted by Gasteiger charge is 2.18. The van der Waals surface area contributed by atoms with Crippen LogP contribution in [0.15, 0.2) is 41.3 Å². The van der Waals surface area contributed by atoms with Crippen molar-refractivity contribution < 1.29 is 12.8 Å². The standard InChI is InChI=1S/C17H18FNO2S/c1-12-10-15(18)7-9-17(12)19-22(20,21)16-8-6-13-4-2-3-5-14(13)11-16/h6-11,19H,2-5H2,1H3. The summed E-state index contributed by atoms with van der Waals surface area (Å²) < 4.78 is 40.7. The molecule has 0 aliphatic heterocycles. The smallest absolute Gasteiger partial charge is 0.261 e. The average Bonchev–Trinajstić information content (AvgIpc) is 2.49. The highest BCUT2D eigenvalue weighted by atomic mass is 32.2. The first-order chi connectivity index (χ1) is 10.5. The molecule has 5 heteroatoms. The normalized spacial score (nSPS) is 14.5. The first-order valence-corrected chi connectivity index (χ1v) is 8.85. The number of fused-ring (bicyclic) bond motifs is 1. The Kier molecular flexibility index (Phi) is 3.91. The van der Waals surface area contributed by atoms with Gasteiger partial charge in [0.2, 0.25) is 0 Å². The van der Waals surface area contributed by atoms with E-state index in [1.165, 1.54) is 23.8 Å². The summed E-state index contributed by atoms with van der Waals surface area (Å²) in [5, 5.41) is 0. The Morgan fingerprint density at radius 1 is 1.00 bits per heavy atom. The Morgan fingerprint density at radius 3 is 2.45 bits per heavy atom. The number of sulfonamides is 1. The summed E-state index contributed by atoms with van der Waals surface area (Å²) in [5.74, 6) is -0.380. The molecule has 22 heavy (non-hydrogen) atoms. The van der Waals surface area contributed by atoms with E-state index in [2.05, 4.69) is 4.72 Å². The average molecular weight is 319 g/mol. The van der Waals surface area contributed by atoms with Gasteiger partial charge in [0.15, 0.2) is 0 Å². The number of halogens is 1. The summed E-state index contributed by atoms with van der Waals surface area (Å²) in [6.07, 6.45) is 4.20. The van der Waals surface area contributed by atoms with Gasteiger partial charge in [-0.2, -0.15) is 0 Å². The molecule has 0 heterocycles. The molecule has 1 aliphatic carbocycles. The topological polar surface area (TPSA) is 46.2 Å². The molecule has 2 aromatic rings. The first-order valence-electron chi connectivity index (χ1n) is 7.36. The molecule has 0 radical (unpaired) electrons. The molecule has 0 bridgehead atoms. The molecule has 0 atom stereocenters. The molecule has 116 valence electrons. The molecule has 0 fully saturated rings. The van der Waals surface area contributed by atoms with E-state index in [0.29, 0.717) is 11.3 Å². The van der Waals surface area contributed by atoms with Crippen LogP contribution < -0.4 is 4.72 Å². The number of hydrogen-bond donors (Lipinski definition) is 1. The lowest BCUT2D eigenvalue weighted by Gasteiger charge is -2.17. The van der Waals surface area contributed by atoms with E-state index < -0.39 is 10.0 Å². The second-order valence-electron chi connectivity index (χ2n) is 5.70. The number of benzene rings is 2. The second kappa shape index (κ2) is 5.72. The summed E-state index contributed by atoms with van der Waals surface area (Å²) in [4.78, 5) is 0.261. The molecular formula is C17H18FNO2S. The fourth-order valence-electron chi connectivity index (χ4n) is 2.82. The molecular weight excluding hydrogens is 301 g/mol. The van der Waals surface area contributed by atoms with Crippen molar-refractivity contribution in [1.29, 1.82) is 0 Å². The van der Waals surface area contributed by atoms with Crippen molar-refractivity contribution >= 4 is 15.7 Å². The number of hydrogen-bond acceptors (Lipinski definition) is 2. The van der Waals surface area contributed by atoms with Gasteiger partial charge in [-0.05, 0) is 79.6 Å². The molecule has 0 saturated carbocycles. The quantitative estimate of drug-likeness (QED) is 0.935. The zero-order valence-electron chi connectivity index (χ0n) is 12.4. The molecule has 3 rings (SSSR count). The fourth-order valence-corrected chi connectivity index (χ4v) is 4.00. The lowest BCUT2D eigenvalue weighted by molar-refractivity contribution is 0.600. The van der Waals surface area contributed by atoms with Gasteiger partial charge >= 0.3 is 0 Å².